The van der Waals surface area contributed by atoms with Gasteiger partial charge in [-0.2, -0.15) is 0 Å². The van der Waals surface area contributed by atoms with Gasteiger partial charge in [-0.15, -0.1) is 0 Å². The van der Waals surface area contributed by atoms with E-state index in [4.69, 9.17) is 10.3 Å². The molecule has 2 N–H and O–H groups in total. The summed E-state index contributed by atoms with van der Waals surface area (Å²) in [6, 6.07) is -0.638. The first-order chi connectivity index (χ1) is 9.56. The van der Waals surface area contributed by atoms with Gasteiger partial charge in [-0.1, -0.05) is 11.2 Å². The second kappa shape index (κ2) is 5.74. The van der Waals surface area contributed by atoms with Gasteiger partial charge in [-0.3, -0.25) is 14.3 Å². The van der Waals surface area contributed by atoms with Crippen LogP contribution in [0.25, 0.3) is 10.4 Å². The molecule has 1 aliphatic rings. The van der Waals surface area contributed by atoms with E-state index in [0.29, 0.717) is 5.56 Å². The summed E-state index contributed by atoms with van der Waals surface area (Å²) in [5, 5.41) is 12.7. The Morgan fingerprint density at radius 2 is 2.30 bits per heavy atom. The highest BCUT2D eigenvalue weighted by Crippen LogP contribution is 2.21. The molecule has 0 saturated heterocycles. The number of H-pyrrole nitrogens is 1. The lowest BCUT2D eigenvalue weighted by molar-refractivity contribution is -0.0655. The van der Waals surface area contributed by atoms with Gasteiger partial charge in [-0.05, 0) is 18.5 Å². The van der Waals surface area contributed by atoms with Crippen LogP contribution in [0.15, 0.2) is 33.1 Å². The number of nitrogens with zero attached hydrogens (tertiary/aromatic N) is 4. The maximum Gasteiger partial charge on any atom is 0.330 e. The quantitative estimate of drug-likeness (QED) is 0.348. The molecule has 0 aromatic carbocycles. The number of aliphatic hydroxyl groups is 1. The van der Waals surface area contributed by atoms with Crippen LogP contribution >= 0.6 is 0 Å². The van der Waals surface area contributed by atoms with E-state index in [1.54, 1.807) is 13.0 Å². The predicted octanol–water partition coefficient (Wildman–Crippen LogP) is -0.0302. The van der Waals surface area contributed by atoms with Gasteiger partial charge in [0.2, 0.25) is 0 Å². The van der Waals surface area contributed by atoms with Crippen LogP contribution in [-0.2, 0) is 4.74 Å². The van der Waals surface area contributed by atoms with Crippen molar-refractivity contribution in [2.75, 3.05) is 6.61 Å². The summed E-state index contributed by atoms with van der Waals surface area (Å²) in [4.78, 5) is 27.9. The highest BCUT2D eigenvalue weighted by molar-refractivity contribution is 5.08. The average molecular weight is 279 g/mol. The number of azide groups is 1. The fraction of sp³-hybridized carbons (Fsp3) is 0.455. The summed E-state index contributed by atoms with van der Waals surface area (Å²) in [5.41, 5.74) is 7.70. The summed E-state index contributed by atoms with van der Waals surface area (Å²) < 4.78 is 6.70. The third-order valence-corrected chi connectivity index (χ3v) is 2.95. The molecule has 0 fully saturated rings. The zero-order valence-electron chi connectivity index (χ0n) is 10.6. The third-order valence-electron chi connectivity index (χ3n) is 2.95. The van der Waals surface area contributed by atoms with Crippen LogP contribution in [0.5, 0.6) is 0 Å². The Bertz CT molecular complexity index is 685. The molecule has 20 heavy (non-hydrogen) atoms. The Balaban J connectivity index is 2.38. The Hall–Kier alpha value is -2.35. The van der Waals surface area contributed by atoms with E-state index in [2.05, 4.69) is 15.0 Å². The van der Waals surface area contributed by atoms with Crippen LogP contribution in [0.1, 0.15) is 11.8 Å². The molecule has 9 nitrogen and oxygen atoms in total. The predicted molar refractivity (Wildman–Crippen MR) is 69.1 cm³/mol. The van der Waals surface area contributed by atoms with Gasteiger partial charge in [-0.25, -0.2) is 4.79 Å². The van der Waals surface area contributed by atoms with E-state index in [9.17, 15) is 14.7 Å². The molecule has 3 atom stereocenters. The van der Waals surface area contributed by atoms with E-state index in [-0.39, 0.29) is 6.61 Å². The first-order valence-electron chi connectivity index (χ1n) is 5.87. The minimum Gasteiger partial charge on any atom is -0.394 e. The molecule has 2 rings (SSSR count). The fourth-order valence-electron chi connectivity index (χ4n) is 1.89. The number of nitrogens with one attached hydrogen (secondary N) is 1. The van der Waals surface area contributed by atoms with Crippen LogP contribution in [0.3, 0.4) is 0 Å². The highest BCUT2D eigenvalue weighted by atomic mass is 16.5. The van der Waals surface area contributed by atoms with Crippen LogP contribution in [0, 0.1) is 6.92 Å². The Morgan fingerprint density at radius 1 is 1.55 bits per heavy atom. The van der Waals surface area contributed by atoms with Crippen LogP contribution in [0.4, 0.5) is 0 Å². The van der Waals surface area contributed by atoms with Crippen LogP contribution in [-0.4, -0.2) is 33.4 Å². The molecule has 1 aromatic heterocycles. The molecular formula is C11H13N5O4. The van der Waals surface area contributed by atoms with Gasteiger partial charge in [0, 0.05) is 16.7 Å². The number of aliphatic hydroxyl groups excluding tert-OH is 1. The first kappa shape index (κ1) is 14.1. The van der Waals surface area contributed by atoms with Gasteiger partial charge in [0.15, 0.2) is 6.23 Å². The summed E-state index contributed by atoms with van der Waals surface area (Å²) in [6.45, 7) is 1.20. The van der Waals surface area contributed by atoms with Crippen molar-refractivity contribution >= 4 is 0 Å². The van der Waals surface area contributed by atoms with E-state index in [1.165, 1.54) is 16.8 Å². The van der Waals surface area contributed by atoms with E-state index < -0.39 is 29.6 Å². The Morgan fingerprint density at radius 3 is 2.95 bits per heavy atom. The SMILES string of the molecule is Cc1cn([C@@H]2C=C[C@@H](N=[N+]=[N-])[C@@H](CO)O2)c(=O)[nH]c1=O. The number of hydrogen-bond acceptors (Lipinski definition) is 5. The molecule has 106 valence electrons. The maximum atomic E-state index is 11.7. The molecule has 0 radical (unpaired) electrons. The number of aromatic amines is 1. The molecule has 1 aromatic rings. The number of aromatic nitrogens is 2. The number of ether oxygens (including phenoxy) is 1. The largest absolute Gasteiger partial charge is 0.394 e. The van der Waals surface area contributed by atoms with Crippen molar-refractivity contribution in [2.45, 2.75) is 25.3 Å². The summed E-state index contributed by atoms with van der Waals surface area (Å²) in [6.07, 6.45) is 2.94. The number of hydrogen-bond donors (Lipinski definition) is 2. The molecular weight excluding hydrogens is 266 g/mol. The van der Waals surface area contributed by atoms with E-state index >= 15 is 0 Å². The summed E-state index contributed by atoms with van der Waals surface area (Å²) in [5.74, 6) is 0. The van der Waals surface area contributed by atoms with Crippen molar-refractivity contribution in [1.82, 2.24) is 9.55 Å². The molecule has 0 aliphatic carbocycles. The molecule has 0 unspecified atom stereocenters. The topological polar surface area (TPSA) is 133 Å². The van der Waals surface area contributed by atoms with Gasteiger partial charge >= 0.3 is 5.69 Å². The van der Waals surface area contributed by atoms with Gasteiger partial charge in [0.05, 0.1) is 18.8 Å². The van der Waals surface area contributed by atoms with Crippen molar-refractivity contribution in [1.29, 1.82) is 0 Å². The summed E-state index contributed by atoms with van der Waals surface area (Å²) >= 11 is 0. The molecule has 1 aliphatic heterocycles. The highest BCUT2D eigenvalue weighted by Gasteiger charge is 2.27. The molecule has 0 spiro atoms. The standard InChI is InChI=1S/C11H13N5O4/c1-6-4-16(11(19)13-10(6)18)9-3-2-7(14-15-12)8(5-17)20-9/h2-4,7-9,17H,5H2,1H3,(H,13,18,19)/t7-,8-,9+/m1/s1. The lowest BCUT2D eigenvalue weighted by Gasteiger charge is -2.29. The third kappa shape index (κ3) is 2.64. The maximum absolute atomic E-state index is 11.7. The number of aryl methyl sites for hydroxylation is 1. The van der Waals surface area contributed by atoms with Crippen LogP contribution < -0.4 is 11.2 Å². The van der Waals surface area contributed by atoms with Gasteiger partial charge < -0.3 is 9.84 Å². The molecule has 9 heteroatoms. The molecule has 0 bridgehead atoms. The summed E-state index contributed by atoms with van der Waals surface area (Å²) in [7, 11) is 0. The molecule has 0 saturated carbocycles. The van der Waals surface area contributed by atoms with Crippen molar-refractivity contribution in [3.8, 4) is 0 Å². The van der Waals surface area contributed by atoms with E-state index in [1.807, 2.05) is 0 Å². The smallest absolute Gasteiger partial charge is 0.330 e. The van der Waals surface area contributed by atoms with Crippen LogP contribution in [0.2, 0.25) is 0 Å². The first-order valence-corrected chi connectivity index (χ1v) is 5.87. The lowest BCUT2D eigenvalue weighted by Crippen LogP contribution is -2.40. The van der Waals surface area contributed by atoms with Gasteiger partial charge in [0.25, 0.3) is 5.56 Å². The molecule has 2 heterocycles. The molecule has 0 amide bonds. The van der Waals surface area contributed by atoms with Crippen molar-refractivity contribution in [2.24, 2.45) is 5.11 Å². The second-order valence-corrected chi connectivity index (χ2v) is 4.31. The van der Waals surface area contributed by atoms with E-state index in [0.717, 1.165) is 0 Å². The minimum absolute atomic E-state index is 0.360. The van der Waals surface area contributed by atoms with Crippen molar-refractivity contribution in [3.05, 3.63) is 55.2 Å². The Labute approximate surface area is 112 Å². The fourth-order valence-corrected chi connectivity index (χ4v) is 1.89. The zero-order valence-corrected chi connectivity index (χ0v) is 10.6. The monoisotopic (exact) mass is 279 g/mol. The Kier molecular flexibility index (Phi) is 4.04. The normalized spacial score (nSPS) is 25.2. The van der Waals surface area contributed by atoms with Gasteiger partial charge in [0.1, 0.15) is 0 Å². The minimum atomic E-state index is -0.777. The van der Waals surface area contributed by atoms with Crippen molar-refractivity contribution < 1.29 is 9.84 Å². The second-order valence-electron chi connectivity index (χ2n) is 4.31. The van der Waals surface area contributed by atoms with Crippen molar-refractivity contribution in [3.63, 3.8) is 0 Å². The zero-order chi connectivity index (χ0) is 14.7. The average Bonchev–Trinajstić information content (AvgIpc) is 2.44. The number of rotatable bonds is 3. The lowest BCUT2D eigenvalue weighted by atomic mass is 10.1.